The number of anilines is 1. The summed E-state index contributed by atoms with van der Waals surface area (Å²) in [6.45, 7) is 4.91. The lowest BCUT2D eigenvalue weighted by atomic mass is 9.92. The summed E-state index contributed by atoms with van der Waals surface area (Å²) in [4.78, 5) is 17.5. The summed E-state index contributed by atoms with van der Waals surface area (Å²) in [5, 5.41) is 12.2. The van der Waals surface area contributed by atoms with Crippen LogP contribution in [-0.2, 0) is 10.2 Å². The number of hydrogen-bond acceptors (Lipinski definition) is 5. The monoisotopic (exact) mass is 388 g/mol. The average molecular weight is 388 g/mol. The van der Waals surface area contributed by atoms with E-state index in [1.54, 1.807) is 4.68 Å². The Balaban J connectivity index is 1.29. The molecular formula is C22H24N6O. The number of para-hydroxylation sites is 1. The second-order valence-corrected chi connectivity index (χ2v) is 7.96. The summed E-state index contributed by atoms with van der Waals surface area (Å²) < 4.78 is 1.76. The van der Waals surface area contributed by atoms with Gasteiger partial charge in [0.25, 0.3) is 0 Å². The van der Waals surface area contributed by atoms with Gasteiger partial charge < -0.3 is 9.80 Å². The molecule has 7 heteroatoms. The Bertz CT molecular complexity index is 1020. The summed E-state index contributed by atoms with van der Waals surface area (Å²) in [5.41, 5.74) is 3.00. The molecule has 2 aliphatic rings. The van der Waals surface area contributed by atoms with Gasteiger partial charge in [-0.05, 0) is 47.9 Å². The molecule has 1 aliphatic carbocycles. The molecule has 5 rings (SSSR count). The quantitative estimate of drug-likeness (QED) is 0.686. The van der Waals surface area contributed by atoms with Crippen molar-refractivity contribution in [2.75, 3.05) is 31.1 Å². The van der Waals surface area contributed by atoms with E-state index >= 15 is 0 Å². The smallest absolute Gasteiger partial charge is 0.250 e. The molecule has 148 valence electrons. The molecule has 1 saturated heterocycles. The molecule has 1 aromatic heterocycles. The van der Waals surface area contributed by atoms with Crippen LogP contribution in [0, 0.1) is 6.92 Å². The number of carbonyl (C=O) groups excluding carboxylic acids is 1. The molecule has 7 nitrogen and oxygen atoms in total. The molecule has 2 fully saturated rings. The molecule has 0 radical (unpaired) electrons. The number of aromatic nitrogens is 4. The molecule has 3 aromatic rings. The van der Waals surface area contributed by atoms with Gasteiger partial charge in [-0.15, -0.1) is 0 Å². The third kappa shape index (κ3) is 3.16. The Morgan fingerprint density at radius 1 is 0.966 bits per heavy atom. The van der Waals surface area contributed by atoms with Gasteiger partial charge in [0.1, 0.15) is 0 Å². The first-order valence-electron chi connectivity index (χ1n) is 10.1. The summed E-state index contributed by atoms with van der Waals surface area (Å²) in [5.74, 6) is 0.994. The highest BCUT2D eigenvalue weighted by Gasteiger charge is 2.53. The number of rotatable bonds is 4. The zero-order valence-corrected chi connectivity index (χ0v) is 16.5. The summed E-state index contributed by atoms with van der Waals surface area (Å²) in [7, 11) is 0. The van der Waals surface area contributed by atoms with Gasteiger partial charge in [-0.1, -0.05) is 53.1 Å². The van der Waals surface area contributed by atoms with Gasteiger partial charge in [0.15, 0.2) is 0 Å². The molecular weight excluding hydrogens is 364 g/mol. The zero-order valence-electron chi connectivity index (χ0n) is 16.5. The van der Waals surface area contributed by atoms with Crippen LogP contribution in [0.2, 0.25) is 0 Å². The van der Waals surface area contributed by atoms with Gasteiger partial charge >= 0.3 is 0 Å². The van der Waals surface area contributed by atoms with E-state index in [1.165, 1.54) is 5.56 Å². The van der Waals surface area contributed by atoms with E-state index < -0.39 is 0 Å². The predicted octanol–water partition coefficient (Wildman–Crippen LogP) is 2.35. The molecule has 0 unspecified atom stereocenters. The Morgan fingerprint density at radius 2 is 1.72 bits per heavy atom. The molecule has 2 aromatic carbocycles. The van der Waals surface area contributed by atoms with Gasteiger partial charge in [0.05, 0.1) is 11.1 Å². The van der Waals surface area contributed by atoms with E-state index in [2.05, 4.69) is 51.6 Å². The minimum absolute atomic E-state index is 0.269. The Labute approximate surface area is 169 Å². The first-order valence-corrected chi connectivity index (χ1v) is 10.1. The van der Waals surface area contributed by atoms with Crippen molar-refractivity contribution in [3.63, 3.8) is 0 Å². The minimum Gasteiger partial charge on any atom is -0.338 e. The highest BCUT2D eigenvalue weighted by molar-refractivity contribution is 5.91. The van der Waals surface area contributed by atoms with Crippen molar-refractivity contribution < 1.29 is 4.79 Å². The van der Waals surface area contributed by atoms with Crippen LogP contribution in [0.25, 0.3) is 5.69 Å². The third-order valence-electron chi connectivity index (χ3n) is 6.03. The number of benzene rings is 2. The van der Waals surface area contributed by atoms with E-state index in [0.717, 1.165) is 43.1 Å². The van der Waals surface area contributed by atoms with Gasteiger partial charge in [0, 0.05) is 26.2 Å². The summed E-state index contributed by atoms with van der Waals surface area (Å²) in [6.07, 6.45) is 1.89. The Hall–Kier alpha value is -3.22. The van der Waals surface area contributed by atoms with E-state index in [9.17, 15) is 4.79 Å². The van der Waals surface area contributed by atoms with Crippen molar-refractivity contribution >= 4 is 11.9 Å². The SMILES string of the molecule is Cc1cccc(C2(C(=O)N3CCN(c4nnnn4-c4ccccc4)CC3)CC2)c1. The average Bonchev–Trinajstić information content (AvgIpc) is 3.43. The van der Waals surface area contributed by atoms with Crippen LogP contribution in [0.4, 0.5) is 5.95 Å². The van der Waals surface area contributed by atoms with Gasteiger partial charge in [-0.3, -0.25) is 4.79 Å². The molecule has 1 aliphatic heterocycles. The molecule has 0 bridgehead atoms. The van der Waals surface area contributed by atoms with Crippen molar-refractivity contribution in [3.05, 3.63) is 65.7 Å². The maximum Gasteiger partial charge on any atom is 0.250 e. The second kappa shape index (κ2) is 6.99. The number of aryl methyl sites for hydroxylation is 1. The summed E-state index contributed by atoms with van der Waals surface area (Å²) in [6, 6.07) is 18.3. The molecule has 0 N–H and O–H groups in total. The van der Waals surface area contributed by atoms with Crippen LogP contribution in [0.15, 0.2) is 54.6 Å². The normalized spacial score (nSPS) is 18.0. The van der Waals surface area contributed by atoms with Gasteiger partial charge in [-0.2, -0.15) is 4.68 Å². The van der Waals surface area contributed by atoms with Crippen LogP contribution in [0.5, 0.6) is 0 Å². The fourth-order valence-corrected chi connectivity index (χ4v) is 4.22. The van der Waals surface area contributed by atoms with E-state index in [1.807, 2.05) is 35.2 Å². The standard InChI is InChI=1S/C22H24N6O/c1-17-6-5-7-18(16-17)22(10-11-22)20(29)26-12-14-27(15-13-26)21-23-24-25-28(21)19-8-3-2-4-9-19/h2-9,16H,10-15H2,1H3. The third-order valence-corrected chi connectivity index (χ3v) is 6.03. The Kier molecular flexibility index (Phi) is 4.30. The minimum atomic E-state index is -0.306. The number of nitrogens with zero attached hydrogens (tertiary/aromatic N) is 6. The van der Waals surface area contributed by atoms with E-state index in [4.69, 9.17) is 0 Å². The number of carbonyl (C=O) groups is 1. The zero-order chi connectivity index (χ0) is 19.8. The second-order valence-electron chi connectivity index (χ2n) is 7.96. The van der Waals surface area contributed by atoms with Crippen LogP contribution in [-0.4, -0.2) is 57.2 Å². The lowest BCUT2D eigenvalue weighted by Crippen LogP contribution is -2.52. The fraction of sp³-hybridized carbons (Fsp3) is 0.364. The van der Waals surface area contributed by atoms with Crippen LogP contribution >= 0.6 is 0 Å². The van der Waals surface area contributed by atoms with Crippen LogP contribution in [0.3, 0.4) is 0 Å². The van der Waals surface area contributed by atoms with Crippen molar-refractivity contribution in [2.24, 2.45) is 0 Å². The van der Waals surface area contributed by atoms with Crippen molar-refractivity contribution in [1.82, 2.24) is 25.1 Å². The number of amides is 1. The van der Waals surface area contributed by atoms with Crippen LogP contribution in [0.1, 0.15) is 24.0 Å². The first kappa shape index (κ1) is 17.8. The van der Waals surface area contributed by atoms with E-state index in [0.29, 0.717) is 13.1 Å². The van der Waals surface area contributed by atoms with Gasteiger partial charge in [-0.25, -0.2) is 0 Å². The Morgan fingerprint density at radius 3 is 2.41 bits per heavy atom. The molecule has 2 heterocycles. The van der Waals surface area contributed by atoms with Crippen LogP contribution < -0.4 is 4.90 Å². The molecule has 0 atom stereocenters. The molecule has 1 amide bonds. The maximum atomic E-state index is 13.3. The fourth-order valence-electron chi connectivity index (χ4n) is 4.22. The van der Waals surface area contributed by atoms with Gasteiger partial charge in [0.2, 0.25) is 11.9 Å². The van der Waals surface area contributed by atoms with Crippen molar-refractivity contribution in [3.8, 4) is 5.69 Å². The largest absolute Gasteiger partial charge is 0.338 e. The van der Waals surface area contributed by atoms with E-state index in [-0.39, 0.29) is 11.3 Å². The number of hydrogen-bond donors (Lipinski definition) is 0. The summed E-state index contributed by atoms with van der Waals surface area (Å²) >= 11 is 0. The maximum absolute atomic E-state index is 13.3. The van der Waals surface area contributed by atoms with Crippen molar-refractivity contribution in [2.45, 2.75) is 25.2 Å². The molecule has 0 spiro atoms. The topological polar surface area (TPSA) is 67.2 Å². The highest BCUT2D eigenvalue weighted by atomic mass is 16.2. The van der Waals surface area contributed by atoms with Crippen molar-refractivity contribution in [1.29, 1.82) is 0 Å². The predicted molar refractivity (Wildman–Crippen MR) is 110 cm³/mol. The molecule has 29 heavy (non-hydrogen) atoms. The first-order chi connectivity index (χ1) is 14.2. The number of piperazine rings is 1. The highest BCUT2D eigenvalue weighted by Crippen LogP contribution is 2.49. The lowest BCUT2D eigenvalue weighted by molar-refractivity contribution is -0.134. The molecule has 1 saturated carbocycles. The lowest BCUT2D eigenvalue weighted by Gasteiger charge is -2.36. The number of tetrazole rings is 1.